The Labute approximate surface area is 307 Å². The first-order chi connectivity index (χ1) is 26.2. The van der Waals surface area contributed by atoms with Gasteiger partial charge in [0.1, 0.15) is 0 Å². The SMILES string of the molecule is c1ccc(-c2cccc(-c3cc(-c4ccccc4)nc(-c4cccc(-c5ccc(-c6nc7ccccc7n7c6cc6ccccc67)cc5)c4)n3)c2)cc1. The van der Waals surface area contributed by atoms with E-state index in [1.165, 1.54) is 16.5 Å². The molecule has 0 saturated carbocycles. The van der Waals surface area contributed by atoms with Crippen LogP contribution in [0.25, 0.3) is 94.9 Å². The smallest absolute Gasteiger partial charge is 0.160 e. The lowest BCUT2D eigenvalue weighted by molar-refractivity contribution is 1.18. The zero-order valence-corrected chi connectivity index (χ0v) is 28.8. The molecule has 0 aliphatic carbocycles. The van der Waals surface area contributed by atoms with E-state index >= 15 is 0 Å². The summed E-state index contributed by atoms with van der Waals surface area (Å²) in [6.07, 6.45) is 0. The fourth-order valence-electron chi connectivity index (χ4n) is 7.35. The molecule has 0 aliphatic heterocycles. The Hall–Kier alpha value is -7.17. The number of nitrogens with zero attached hydrogens (tertiary/aromatic N) is 4. The molecular formula is C49H32N4. The summed E-state index contributed by atoms with van der Waals surface area (Å²) in [4.78, 5) is 15.5. The lowest BCUT2D eigenvalue weighted by atomic mass is 9.99. The van der Waals surface area contributed by atoms with Crippen LogP contribution in [0.2, 0.25) is 0 Å². The number of hydrogen-bond donors (Lipinski definition) is 0. The van der Waals surface area contributed by atoms with Crippen LogP contribution in [0, 0.1) is 0 Å². The van der Waals surface area contributed by atoms with E-state index in [1.54, 1.807) is 0 Å². The molecule has 0 N–H and O–H groups in total. The molecule has 0 atom stereocenters. The van der Waals surface area contributed by atoms with E-state index in [-0.39, 0.29) is 0 Å². The Morgan fingerprint density at radius 1 is 0.302 bits per heavy atom. The molecule has 0 bridgehead atoms. The third-order valence-corrected chi connectivity index (χ3v) is 9.98. The summed E-state index contributed by atoms with van der Waals surface area (Å²) < 4.78 is 2.33. The lowest BCUT2D eigenvalue weighted by Crippen LogP contribution is -1.96. The van der Waals surface area contributed by atoms with E-state index in [9.17, 15) is 0 Å². The number of fused-ring (bicyclic) bond motifs is 5. The van der Waals surface area contributed by atoms with Crippen molar-refractivity contribution in [3.05, 3.63) is 194 Å². The van der Waals surface area contributed by atoms with Gasteiger partial charge in [0, 0.05) is 27.6 Å². The standard InChI is InChI=1S/C49H32N4/c1-3-13-33(14-4-1)37-18-11-20-39(29-37)44-32-43(35-15-5-2-6-16-35)51-49(52-44)41-21-12-19-38(30-41)34-25-27-36(28-26-34)48-47-31-40-17-7-9-23-45(40)53(47)46-24-10-8-22-42(46)50-48/h1-32H. The molecular weight excluding hydrogens is 645 g/mol. The van der Waals surface area contributed by atoms with Crippen LogP contribution in [0.5, 0.6) is 0 Å². The molecule has 3 heterocycles. The van der Waals surface area contributed by atoms with Crippen LogP contribution in [-0.4, -0.2) is 19.4 Å². The average Bonchev–Trinajstić information content (AvgIpc) is 3.64. The number of rotatable bonds is 6. The fraction of sp³-hybridized carbons (Fsp3) is 0. The molecule has 10 rings (SSSR count). The van der Waals surface area contributed by atoms with Crippen molar-refractivity contribution in [3.8, 4) is 67.4 Å². The molecule has 53 heavy (non-hydrogen) atoms. The minimum absolute atomic E-state index is 0.688. The Morgan fingerprint density at radius 3 is 1.58 bits per heavy atom. The second kappa shape index (κ2) is 12.9. The van der Waals surface area contributed by atoms with Crippen LogP contribution in [0.3, 0.4) is 0 Å². The molecule has 0 unspecified atom stereocenters. The molecule has 0 amide bonds. The molecule has 4 heteroatoms. The maximum absolute atomic E-state index is 5.18. The van der Waals surface area contributed by atoms with Crippen LogP contribution in [0.4, 0.5) is 0 Å². The van der Waals surface area contributed by atoms with Gasteiger partial charge in [-0.25, -0.2) is 15.0 Å². The highest BCUT2D eigenvalue weighted by molar-refractivity contribution is 5.98. The van der Waals surface area contributed by atoms with Crippen molar-refractivity contribution in [2.75, 3.05) is 0 Å². The largest absolute Gasteiger partial charge is 0.306 e. The van der Waals surface area contributed by atoms with E-state index in [2.05, 4.69) is 174 Å². The molecule has 3 aromatic heterocycles. The van der Waals surface area contributed by atoms with Gasteiger partial charge in [-0.3, -0.25) is 0 Å². The van der Waals surface area contributed by atoms with Gasteiger partial charge in [-0.05, 0) is 64.7 Å². The van der Waals surface area contributed by atoms with Crippen LogP contribution in [0.15, 0.2) is 194 Å². The van der Waals surface area contributed by atoms with E-state index in [0.717, 1.165) is 72.6 Å². The van der Waals surface area contributed by atoms with Gasteiger partial charge in [-0.15, -0.1) is 0 Å². The van der Waals surface area contributed by atoms with Crippen molar-refractivity contribution in [1.82, 2.24) is 19.4 Å². The van der Waals surface area contributed by atoms with E-state index in [1.807, 2.05) is 24.3 Å². The predicted molar refractivity (Wildman–Crippen MR) is 218 cm³/mol. The molecule has 10 aromatic rings. The normalized spacial score (nSPS) is 11.4. The van der Waals surface area contributed by atoms with Crippen molar-refractivity contribution in [3.63, 3.8) is 0 Å². The first kappa shape index (κ1) is 30.6. The summed E-state index contributed by atoms with van der Waals surface area (Å²) in [6.45, 7) is 0. The van der Waals surface area contributed by atoms with Crippen molar-refractivity contribution in [2.24, 2.45) is 0 Å². The Morgan fingerprint density at radius 2 is 0.830 bits per heavy atom. The summed E-state index contributed by atoms with van der Waals surface area (Å²) in [7, 11) is 0. The monoisotopic (exact) mass is 676 g/mol. The molecule has 0 fully saturated rings. The Bertz CT molecular complexity index is 2930. The van der Waals surface area contributed by atoms with Crippen molar-refractivity contribution < 1.29 is 0 Å². The number of benzene rings is 7. The van der Waals surface area contributed by atoms with Crippen LogP contribution in [0.1, 0.15) is 0 Å². The minimum atomic E-state index is 0.688. The second-order valence-electron chi connectivity index (χ2n) is 13.3. The van der Waals surface area contributed by atoms with E-state index in [4.69, 9.17) is 15.0 Å². The van der Waals surface area contributed by atoms with Crippen LogP contribution < -0.4 is 0 Å². The lowest BCUT2D eigenvalue weighted by Gasteiger charge is -2.12. The predicted octanol–water partition coefficient (Wildman–Crippen LogP) is 12.4. The molecule has 4 nitrogen and oxygen atoms in total. The second-order valence-corrected chi connectivity index (χ2v) is 13.3. The third kappa shape index (κ3) is 5.63. The molecule has 0 radical (unpaired) electrons. The van der Waals surface area contributed by atoms with Gasteiger partial charge in [0.2, 0.25) is 0 Å². The summed E-state index contributed by atoms with van der Waals surface area (Å²) in [6, 6.07) is 67.9. The molecule has 0 saturated heterocycles. The summed E-state index contributed by atoms with van der Waals surface area (Å²) in [5.74, 6) is 0.688. The highest BCUT2D eigenvalue weighted by Gasteiger charge is 2.15. The third-order valence-electron chi connectivity index (χ3n) is 9.98. The van der Waals surface area contributed by atoms with Gasteiger partial charge in [-0.2, -0.15) is 0 Å². The van der Waals surface area contributed by atoms with E-state index in [0.29, 0.717) is 5.82 Å². The minimum Gasteiger partial charge on any atom is -0.306 e. The van der Waals surface area contributed by atoms with Gasteiger partial charge in [0.25, 0.3) is 0 Å². The topological polar surface area (TPSA) is 43.1 Å². The first-order valence-electron chi connectivity index (χ1n) is 17.9. The summed E-state index contributed by atoms with van der Waals surface area (Å²) in [5.41, 5.74) is 15.8. The highest BCUT2D eigenvalue weighted by Crippen LogP contribution is 2.35. The van der Waals surface area contributed by atoms with Crippen molar-refractivity contribution in [2.45, 2.75) is 0 Å². The zero-order chi connectivity index (χ0) is 35.1. The first-order valence-corrected chi connectivity index (χ1v) is 17.9. The quantitative estimate of drug-likeness (QED) is 0.176. The van der Waals surface area contributed by atoms with E-state index < -0.39 is 0 Å². The van der Waals surface area contributed by atoms with Gasteiger partial charge < -0.3 is 4.40 Å². The Balaban J connectivity index is 1.05. The van der Waals surface area contributed by atoms with Gasteiger partial charge in [0.15, 0.2) is 5.82 Å². The fourth-order valence-corrected chi connectivity index (χ4v) is 7.35. The summed E-state index contributed by atoms with van der Waals surface area (Å²) >= 11 is 0. The highest BCUT2D eigenvalue weighted by atomic mass is 14.9. The maximum Gasteiger partial charge on any atom is 0.160 e. The molecule has 7 aromatic carbocycles. The summed E-state index contributed by atoms with van der Waals surface area (Å²) in [5, 5.41) is 1.20. The number of aromatic nitrogens is 4. The molecule has 248 valence electrons. The van der Waals surface area contributed by atoms with Crippen LogP contribution in [-0.2, 0) is 0 Å². The number of hydrogen-bond acceptors (Lipinski definition) is 3. The van der Waals surface area contributed by atoms with Gasteiger partial charge >= 0.3 is 0 Å². The Kier molecular flexibility index (Phi) is 7.43. The van der Waals surface area contributed by atoms with Crippen LogP contribution >= 0.6 is 0 Å². The van der Waals surface area contributed by atoms with Crippen molar-refractivity contribution in [1.29, 1.82) is 0 Å². The zero-order valence-electron chi connectivity index (χ0n) is 28.8. The average molecular weight is 677 g/mol. The van der Waals surface area contributed by atoms with Gasteiger partial charge in [0.05, 0.1) is 39.1 Å². The van der Waals surface area contributed by atoms with Crippen molar-refractivity contribution >= 4 is 27.5 Å². The molecule has 0 aliphatic rings. The number of para-hydroxylation sites is 3. The maximum atomic E-state index is 5.18. The molecule has 0 spiro atoms. The van der Waals surface area contributed by atoms with Gasteiger partial charge in [-0.1, -0.05) is 152 Å².